The van der Waals surface area contributed by atoms with Gasteiger partial charge >= 0.3 is 0 Å². The van der Waals surface area contributed by atoms with Crippen LogP contribution in [-0.4, -0.2) is 14.9 Å². The molecule has 1 nitrogen and oxygen atoms in total. The van der Waals surface area contributed by atoms with Gasteiger partial charge in [-0.3, -0.25) is 0 Å². The number of hydrogen-bond acceptors (Lipinski definition) is 1. The quantitative estimate of drug-likeness (QED) is 0.530. The third-order valence-electron chi connectivity index (χ3n) is 2.32. The van der Waals surface area contributed by atoms with Crippen LogP contribution in [0.4, 0.5) is 0 Å². The van der Waals surface area contributed by atoms with E-state index in [-0.39, 0.29) is 0 Å². The van der Waals surface area contributed by atoms with Gasteiger partial charge in [-0.05, 0) is 24.7 Å². The van der Waals surface area contributed by atoms with Crippen molar-refractivity contribution in [3.63, 3.8) is 0 Å². The average molecular weight is 232 g/mol. The normalized spacial score (nSPS) is 11.9. The molecule has 16 heavy (non-hydrogen) atoms. The fourth-order valence-electron chi connectivity index (χ4n) is 1.43. The molecular weight excluding hydrogens is 212 g/mol. The number of allylic oxidation sites excluding steroid dienone is 1. The van der Waals surface area contributed by atoms with Crippen LogP contribution >= 0.6 is 0 Å². The van der Waals surface area contributed by atoms with E-state index >= 15 is 0 Å². The lowest BCUT2D eigenvalue weighted by Crippen LogP contribution is -2.29. The van der Waals surface area contributed by atoms with Crippen molar-refractivity contribution in [1.82, 2.24) is 0 Å². The summed E-state index contributed by atoms with van der Waals surface area (Å²) in [6.45, 7) is 8.88. The average Bonchev–Trinajstić information content (AvgIpc) is 2.26. The second-order valence-electron chi connectivity index (χ2n) is 4.38. The van der Waals surface area contributed by atoms with Crippen LogP contribution in [0.25, 0.3) is 6.08 Å². The summed E-state index contributed by atoms with van der Waals surface area (Å²) in [5.74, 6) is 0. The van der Waals surface area contributed by atoms with Crippen LogP contribution in [0.5, 0.6) is 0 Å². The van der Waals surface area contributed by atoms with Crippen molar-refractivity contribution in [3.8, 4) is 0 Å². The Bertz CT molecular complexity index is 341. The van der Waals surface area contributed by atoms with Crippen molar-refractivity contribution < 1.29 is 4.43 Å². The SMILES string of the molecule is C=CC[Si](C)(C)OC/C=C/c1ccccc1. The van der Waals surface area contributed by atoms with E-state index in [2.05, 4.69) is 44.0 Å². The molecule has 1 rings (SSSR count). The van der Waals surface area contributed by atoms with Crippen LogP contribution in [-0.2, 0) is 4.43 Å². The smallest absolute Gasteiger partial charge is 0.190 e. The Balaban J connectivity index is 2.36. The molecule has 0 fully saturated rings. The molecule has 0 N–H and O–H groups in total. The Hall–Kier alpha value is -1.12. The van der Waals surface area contributed by atoms with Gasteiger partial charge in [0.05, 0.1) is 6.61 Å². The van der Waals surface area contributed by atoms with Gasteiger partial charge in [0.25, 0.3) is 0 Å². The summed E-state index contributed by atoms with van der Waals surface area (Å²) in [5, 5.41) is 0. The molecule has 0 aliphatic rings. The molecule has 0 bridgehead atoms. The van der Waals surface area contributed by atoms with E-state index in [4.69, 9.17) is 4.43 Å². The van der Waals surface area contributed by atoms with Gasteiger partial charge in [-0.25, -0.2) is 0 Å². The van der Waals surface area contributed by atoms with Gasteiger partial charge in [-0.1, -0.05) is 48.6 Å². The second-order valence-corrected chi connectivity index (χ2v) is 8.59. The summed E-state index contributed by atoms with van der Waals surface area (Å²) in [7, 11) is -1.51. The van der Waals surface area contributed by atoms with E-state index in [1.807, 2.05) is 24.3 Å². The van der Waals surface area contributed by atoms with E-state index < -0.39 is 8.32 Å². The Morgan fingerprint density at radius 3 is 2.56 bits per heavy atom. The molecule has 86 valence electrons. The van der Waals surface area contributed by atoms with Gasteiger partial charge in [0.2, 0.25) is 0 Å². The van der Waals surface area contributed by atoms with E-state index in [0.717, 1.165) is 6.04 Å². The van der Waals surface area contributed by atoms with Crippen molar-refractivity contribution in [2.45, 2.75) is 19.1 Å². The lowest BCUT2D eigenvalue weighted by atomic mass is 10.2. The van der Waals surface area contributed by atoms with E-state index in [0.29, 0.717) is 6.61 Å². The van der Waals surface area contributed by atoms with Crippen LogP contribution in [0.2, 0.25) is 19.1 Å². The molecule has 2 heteroatoms. The first kappa shape index (κ1) is 12.9. The zero-order chi connectivity index (χ0) is 11.9. The summed E-state index contributed by atoms with van der Waals surface area (Å²) in [5.41, 5.74) is 1.22. The highest BCUT2D eigenvalue weighted by molar-refractivity contribution is 6.71. The minimum atomic E-state index is -1.51. The molecule has 0 heterocycles. The number of rotatable bonds is 6. The number of benzene rings is 1. The van der Waals surface area contributed by atoms with Gasteiger partial charge < -0.3 is 4.43 Å². The lowest BCUT2D eigenvalue weighted by molar-refractivity contribution is 0.355. The minimum absolute atomic E-state index is 0.696. The topological polar surface area (TPSA) is 9.23 Å². The third-order valence-corrected chi connectivity index (χ3v) is 4.54. The molecule has 0 saturated carbocycles. The molecule has 0 unspecified atom stereocenters. The fraction of sp³-hybridized carbons (Fsp3) is 0.286. The zero-order valence-corrected chi connectivity index (χ0v) is 11.1. The molecule has 0 aliphatic heterocycles. The van der Waals surface area contributed by atoms with Crippen molar-refractivity contribution in [3.05, 3.63) is 54.6 Å². The molecule has 1 aromatic rings. The Labute approximate surface area is 99.6 Å². The Morgan fingerprint density at radius 2 is 1.94 bits per heavy atom. The first-order valence-electron chi connectivity index (χ1n) is 5.60. The van der Waals surface area contributed by atoms with Crippen molar-refractivity contribution in [2.24, 2.45) is 0 Å². The van der Waals surface area contributed by atoms with Crippen molar-refractivity contribution >= 4 is 14.4 Å². The Kier molecular flexibility index (Phi) is 5.22. The van der Waals surface area contributed by atoms with Gasteiger partial charge in [0.1, 0.15) is 0 Å². The van der Waals surface area contributed by atoms with E-state index in [1.54, 1.807) is 0 Å². The predicted molar refractivity (Wildman–Crippen MR) is 73.9 cm³/mol. The summed E-state index contributed by atoms with van der Waals surface area (Å²) in [4.78, 5) is 0. The highest BCUT2D eigenvalue weighted by Gasteiger charge is 2.18. The van der Waals surface area contributed by atoms with E-state index in [9.17, 15) is 0 Å². The molecule has 0 aromatic heterocycles. The first-order valence-corrected chi connectivity index (χ1v) is 8.72. The monoisotopic (exact) mass is 232 g/mol. The van der Waals surface area contributed by atoms with Crippen LogP contribution in [0.1, 0.15) is 5.56 Å². The molecule has 0 atom stereocenters. The lowest BCUT2D eigenvalue weighted by Gasteiger charge is -2.19. The summed E-state index contributed by atoms with van der Waals surface area (Å²) < 4.78 is 5.87. The maximum absolute atomic E-state index is 5.87. The Morgan fingerprint density at radius 1 is 1.25 bits per heavy atom. The molecule has 1 aromatic carbocycles. The molecule has 0 amide bonds. The minimum Gasteiger partial charge on any atom is -0.413 e. The van der Waals surface area contributed by atoms with E-state index in [1.165, 1.54) is 5.56 Å². The highest BCUT2D eigenvalue weighted by Crippen LogP contribution is 2.11. The molecule has 0 radical (unpaired) electrons. The highest BCUT2D eigenvalue weighted by atomic mass is 28.4. The molecule has 0 saturated heterocycles. The van der Waals surface area contributed by atoms with Crippen LogP contribution in [0, 0.1) is 0 Å². The van der Waals surface area contributed by atoms with Gasteiger partial charge in [-0.2, -0.15) is 0 Å². The predicted octanol–water partition coefficient (Wildman–Crippen LogP) is 4.11. The first-order chi connectivity index (χ1) is 7.64. The summed E-state index contributed by atoms with van der Waals surface area (Å²) in [6, 6.07) is 11.3. The van der Waals surface area contributed by atoms with Gasteiger partial charge in [0, 0.05) is 0 Å². The molecule has 0 spiro atoms. The van der Waals surface area contributed by atoms with Gasteiger partial charge in [0.15, 0.2) is 8.32 Å². The summed E-state index contributed by atoms with van der Waals surface area (Å²) >= 11 is 0. The maximum atomic E-state index is 5.87. The number of hydrogen-bond donors (Lipinski definition) is 0. The standard InChI is InChI=1S/C14H20OSi/c1-4-13-16(2,3)15-12-8-11-14-9-6-5-7-10-14/h4-11H,1,12-13H2,2-3H3/b11-8+. The van der Waals surface area contributed by atoms with Crippen molar-refractivity contribution in [1.29, 1.82) is 0 Å². The summed E-state index contributed by atoms with van der Waals surface area (Å²) in [6.07, 6.45) is 6.12. The van der Waals surface area contributed by atoms with Crippen LogP contribution < -0.4 is 0 Å². The third kappa shape index (κ3) is 5.10. The second kappa shape index (κ2) is 6.46. The fourth-order valence-corrected chi connectivity index (χ4v) is 2.79. The zero-order valence-electron chi connectivity index (χ0n) is 10.1. The van der Waals surface area contributed by atoms with Crippen molar-refractivity contribution in [2.75, 3.05) is 6.61 Å². The maximum Gasteiger partial charge on any atom is 0.190 e. The van der Waals surface area contributed by atoms with Crippen LogP contribution in [0.3, 0.4) is 0 Å². The molecular formula is C14H20OSi. The largest absolute Gasteiger partial charge is 0.413 e. The van der Waals surface area contributed by atoms with Crippen LogP contribution in [0.15, 0.2) is 49.1 Å². The van der Waals surface area contributed by atoms with Gasteiger partial charge in [-0.15, -0.1) is 6.58 Å². The molecule has 0 aliphatic carbocycles.